The third kappa shape index (κ3) is 6.88. The third-order valence-electron chi connectivity index (χ3n) is 6.45. The summed E-state index contributed by atoms with van der Waals surface area (Å²) < 4.78 is 42.5. The van der Waals surface area contributed by atoms with Crippen molar-refractivity contribution < 1.29 is 27.5 Å². The van der Waals surface area contributed by atoms with Crippen LogP contribution in [0.1, 0.15) is 37.3 Å². The van der Waals surface area contributed by atoms with Gasteiger partial charge in [-0.3, -0.25) is 14.5 Å². The molecule has 0 N–H and O–H groups in total. The van der Waals surface area contributed by atoms with Crippen molar-refractivity contribution in [3.63, 3.8) is 0 Å². The predicted octanol–water partition coefficient (Wildman–Crippen LogP) is 6.55. The molecule has 8 nitrogen and oxygen atoms in total. The van der Waals surface area contributed by atoms with Crippen molar-refractivity contribution in [2.75, 3.05) is 10.7 Å². The molecule has 0 bridgehead atoms. The maximum Gasteiger partial charge on any atom is 0.573 e. The number of aromatic nitrogens is 3. The second-order valence-corrected chi connectivity index (χ2v) is 10.7. The number of hydrogen-bond donors (Lipinski definition) is 0. The predicted molar refractivity (Wildman–Crippen MR) is 155 cm³/mol. The molecule has 4 aromatic rings. The average molecular weight is 594 g/mol. The van der Waals surface area contributed by atoms with Crippen LogP contribution in [0.5, 0.6) is 5.75 Å². The zero-order valence-electron chi connectivity index (χ0n) is 22.7. The Kier molecular flexibility index (Phi) is 8.44. The summed E-state index contributed by atoms with van der Waals surface area (Å²) in [5.41, 5.74) is 3.95. The van der Waals surface area contributed by atoms with Crippen LogP contribution in [0.25, 0.3) is 17.1 Å². The molecule has 3 aromatic carbocycles. The Labute approximate surface area is 244 Å². The highest BCUT2D eigenvalue weighted by Crippen LogP contribution is 2.33. The van der Waals surface area contributed by atoms with Gasteiger partial charge in [0, 0.05) is 12.0 Å². The highest BCUT2D eigenvalue weighted by atomic mass is 32.2. The fraction of sp³-hybridized carbons (Fsp3) is 0.233. The molecule has 5 rings (SSSR count). The van der Waals surface area contributed by atoms with Gasteiger partial charge >= 0.3 is 6.36 Å². The summed E-state index contributed by atoms with van der Waals surface area (Å²) in [7, 11) is 0. The van der Waals surface area contributed by atoms with Gasteiger partial charge in [-0.15, -0.1) is 18.3 Å². The summed E-state index contributed by atoms with van der Waals surface area (Å²) >= 11 is 1.26. The molecule has 42 heavy (non-hydrogen) atoms. The summed E-state index contributed by atoms with van der Waals surface area (Å²) in [6, 6.07) is 20.4. The molecular weight excluding hydrogens is 567 g/mol. The number of rotatable bonds is 8. The molecule has 216 valence electrons. The number of aryl methyl sites for hydroxylation is 1. The van der Waals surface area contributed by atoms with Crippen molar-refractivity contribution in [3.8, 4) is 22.8 Å². The maximum absolute atomic E-state index is 12.8. The molecule has 0 saturated carbocycles. The fourth-order valence-corrected chi connectivity index (χ4v) is 5.29. The molecule has 12 heteroatoms. The number of anilines is 1. The monoisotopic (exact) mass is 593 g/mol. The minimum Gasteiger partial charge on any atom is -0.406 e. The van der Waals surface area contributed by atoms with Gasteiger partial charge in [-0.05, 0) is 53.8 Å². The van der Waals surface area contributed by atoms with Crippen molar-refractivity contribution in [1.82, 2.24) is 14.8 Å². The number of nitrogens with zero attached hydrogens (tertiary/aromatic N) is 5. The smallest absolute Gasteiger partial charge is 0.406 e. The molecule has 1 aromatic heterocycles. The van der Waals surface area contributed by atoms with E-state index < -0.39 is 6.36 Å². The zero-order chi connectivity index (χ0) is 29.9. The number of alkyl halides is 3. The summed E-state index contributed by atoms with van der Waals surface area (Å²) in [6.07, 6.45) is -2.65. The first-order valence-corrected chi connectivity index (χ1v) is 14.1. The zero-order valence-corrected chi connectivity index (χ0v) is 23.5. The van der Waals surface area contributed by atoms with Crippen LogP contribution >= 0.6 is 11.8 Å². The second kappa shape index (κ2) is 12.2. The van der Waals surface area contributed by atoms with Crippen LogP contribution in [0.3, 0.4) is 0 Å². The van der Waals surface area contributed by atoms with Crippen molar-refractivity contribution in [3.05, 3.63) is 90.3 Å². The number of carbonyl (C=O) groups is 2. The van der Waals surface area contributed by atoms with Crippen LogP contribution in [0.15, 0.2) is 84.1 Å². The SMILES string of the molecule is CC(C)c1ccccc1N1C(=O)CSC1=NC(=O)CCc1ccc(-c2ncn(-c3ccc(OC(F)(F)F)cc3)n2)cc1. The Hall–Kier alpha value is -4.45. The molecule has 2 amide bonds. The molecule has 1 aliphatic heterocycles. The molecular formula is C30H26F3N5O3S. The maximum atomic E-state index is 12.8. The van der Waals surface area contributed by atoms with Crippen molar-refractivity contribution in [1.29, 1.82) is 0 Å². The van der Waals surface area contributed by atoms with Crippen LogP contribution in [-0.2, 0) is 16.0 Å². The number of thioether (sulfide) groups is 1. The lowest BCUT2D eigenvalue weighted by atomic mass is 10.0. The van der Waals surface area contributed by atoms with Gasteiger partial charge in [0.1, 0.15) is 12.1 Å². The highest BCUT2D eigenvalue weighted by Gasteiger charge is 2.32. The van der Waals surface area contributed by atoms with Crippen molar-refractivity contribution in [2.24, 2.45) is 4.99 Å². The Morgan fingerprint density at radius 2 is 1.76 bits per heavy atom. The van der Waals surface area contributed by atoms with Crippen LogP contribution in [-0.4, -0.2) is 43.9 Å². The quantitative estimate of drug-likeness (QED) is 0.230. The summed E-state index contributed by atoms with van der Waals surface area (Å²) in [6.45, 7) is 4.11. The van der Waals surface area contributed by atoms with Gasteiger partial charge in [0.25, 0.3) is 0 Å². The molecule has 1 fully saturated rings. The van der Waals surface area contributed by atoms with Gasteiger partial charge in [-0.2, -0.15) is 4.99 Å². The highest BCUT2D eigenvalue weighted by molar-refractivity contribution is 8.15. The number of carbonyl (C=O) groups excluding carboxylic acids is 2. The number of benzene rings is 3. The van der Waals surface area contributed by atoms with E-state index in [1.807, 2.05) is 48.5 Å². The van der Waals surface area contributed by atoms with Gasteiger partial charge < -0.3 is 4.74 Å². The van der Waals surface area contributed by atoms with E-state index in [4.69, 9.17) is 0 Å². The standard InChI is InChI=1S/C30H26F3N5O3S/c1-19(2)24-5-3-4-6-25(24)38-27(40)17-42-29(38)35-26(39)16-9-20-7-10-21(11-8-20)28-34-18-37(36-28)22-12-14-23(15-13-22)41-30(31,32)33/h3-8,10-15,18-19H,9,16-17H2,1-2H3. The van der Waals surface area contributed by atoms with Gasteiger partial charge in [-0.1, -0.05) is 68.1 Å². The molecule has 1 aliphatic rings. The lowest BCUT2D eigenvalue weighted by Gasteiger charge is -2.21. The van der Waals surface area contributed by atoms with Crippen LogP contribution < -0.4 is 9.64 Å². The lowest BCUT2D eigenvalue weighted by Crippen LogP contribution is -2.31. The Morgan fingerprint density at radius 1 is 1.05 bits per heavy atom. The molecule has 0 atom stereocenters. The summed E-state index contributed by atoms with van der Waals surface area (Å²) in [5, 5.41) is 4.81. The molecule has 0 unspecified atom stereocenters. The van der Waals surface area contributed by atoms with E-state index in [0.29, 0.717) is 23.1 Å². The van der Waals surface area contributed by atoms with Crippen LogP contribution in [0.4, 0.5) is 18.9 Å². The summed E-state index contributed by atoms with van der Waals surface area (Å²) in [5.74, 6) is 0.147. The number of amidine groups is 1. The van der Waals surface area contributed by atoms with Gasteiger partial charge in [0.05, 0.1) is 17.1 Å². The van der Waals surface area contributed by atoms with Crippen LogP contribution in [0, 0.1) is 0 Å². The molecule has 1 saturated heterocycles. The minimum absolute atomic E-state index is 0.0984. The fourth-order valence-electron chi connectivity index (χ4n) is 4.42. The summed E-state index contributed by atoms with van der Waals surface area (Å²) in [4.78, 5) is 35.6. The Bertz CT molecular complexity index is 1620. The second-order valence-electron chi connectivity index (χ2n) is 9.77. The first kappa shape index (κ1) is 29.1. The van der Waals surface area contributed by atoms with E-state index in [1.54, 1.807) is 4.90 Å². The molecule has 0 radical (unpaired) electrons. The third-order valence-corrected chi connectivity index (χ3v) is 7.38. The van der Waals surface area contributed by atoms with Crippen molar-refractivity contribution in [2.45, 2.75) is 39.0 Å². The van der Waals surface area contributed by atoms with E-state index in [2.05, 4.69) is 33.7 Å². The topological polar surface area (TPSA) is 89.7 Å². The molecule has 0 aliphatic carbocycles. The van der Waals surface area contributed by atoms with E-state index in [9.17, 15) is 22.8 Å². The van der Waals surface area contributed by atoms with Crippen LogP contribution in [0.2, 0.25) is 0 Å². The van der Waals surface area contributed by atoms with E-state index >= 15 is 0 Å². The largest absolute Gasteiger partial charge is 0.573 e. The first-order valence-electron chi connectivity index (χ1n) is 13.1. The number of aliphatic imine (C=N–C) groups is 1. The molecule has 2 heterocycles. The van der Waals surface area contributed by atoms with E-state index in [1.165, 1.54) is 47.0 Å². The van der Waals surface area contributed by atoms with Gasteiger partial charge in [0.2, 0.25) is 11.8 Å². The van der Waals surface area contributed by atoms with Gasteiger partial charge in [0.15, 0.2) is 11.0 Å². The number of halogens is 3. The number of hydrogen-bond acceptors (Lipinski definition) is 6. The minimum atomic E-state index is -4.76. The number of ether oxygens (including phenoxy) is 1. The number of amides is 2. The first-order chi connectivity index (χ1) is 20.1. The average Bonchev–Trinajstić information content (AvgIpc) is 3.59. The van der Waals surface area contributed by atoms with Gasteiger partial charge in [-0.25, -0.2) is 9.67 Å². The Morgan fingerprint density at radius 3 is 2.45 bits per heavy atom. The normalized spacial score (nSPS) is 14.7. The van der Waals surface area contributed by atoms with Crippen molar-refractivity contribution >= 4 is 34.4 Å². The van der Waals surface area contributed by atoms with E-state index in [0.717, 1.165) is 22.4 Å². The van der Waals surface area contributed by atoms with E-state index in [-0.39, 0.29) is 35.7 Å². The molecule has 0 spiro atoms. The lowest BCUT2D eigenvalue weighted by molar-refractivity contribution is -0.274. The Balaban J connectivity index is 1.21. The number of para-hydroxylation sites is 1.